The van der Waals surface area contributed by atoms with Crippen LogP contribution in [0.1, 0.15) is 67.0 Å². The van der Waals surface area contributed by atoms with Crippen molar-refractivity contribution in [2.75, 3.05) is 0 Å². The molecule has 1 aromatic carbocycles. The largest absolute Gasteiger partial charge is 0.349 e. The van der Waals surface area contributed by atoms with E-state index in [-0.39, 0.29) is 11.9 Å². The van der Waals surface area contributed by atoms with Gasteiger partial charge in [-0.2, -0.15) is 0 Å². The molecule has 0 aliphatic heterocycles. The van der Waals surface area contributed by atoms with Gasteiger partial charge in [-0.3, -0.25) is 4.79 Å². The molecule has 0 spiro atoms. The van der Waals surface area contributed by atoms with E-state index in [9.17, 15) is 4.79 Å². The van der Waals surface area contributed by atoms with Gasteiger partial charge < -0.3 is 5.32 Å². The van der Waals surface area contributed by atoms with Gasteiger partial charge in [-0.25, -0.2) is 4.68 Å². The van der Waals surface area contributed by atoms with Gasteiger partial charge in [-0.15, -0.1) is 5.10 Å². The second-order valence-electron chi connectivity index (χ2n) is 8.42. The van der Waals surface area contributed by atoms with Crippen molar-refractivity contribution in [2.45, 2.75) is 57.0 Å². The second-order valence-corrected chi connectivity index (χ2v) is 8.86. The van der Waals surface area contributed by atoms with Crippen LogP contribution in [-0.2, 0) is 0 Å². The summed E-state index contributed by atoms with van der Waals surface area (Å²) in [4.78, 5) is 12.6. The van der Waals surface area contributed by atoms with Crippen LogP contribution in [0.3, 0.4) is 0 Å². The number of fused-ring (bicyclic) bond motifs is 1. The fourth-order valence-corrected chi connectivity index (χ4v) is 5.16. The lowest BCUT2D eigenvalue weighted by Crippen LogP contribution is -2.37. The van der Waals surface area contributed by atoms with Crippen LogP contribution in [0, 0.1) is 17.8 Å². The molecule has 3 saturated carbocycles. The van der Waals surface area contributed by atoms with Crippen LogP contribution in [0.25, 0.3) is 0 Å². The van der Waals surface area contributed by atoms with Crippen LogP contribution in [-0.4, -0.2) is 26.9 Å². The average molecular weight is 385 g/mol. The van der Waals surface area contributed by atoms with Crippen molar-refractivity contribution in [1.82, 2.24) is 20.3 Å². The number of benzene rings is 1. The molecule has 1 amide bonds. The third kappa shape index (κ3) is 3.27. The summed E-state index contributed by atoms with van der Waals surface area (Å²) in [5.74, 6) is 2.69. The normalized spacial score (nSPS) is 30.0. The van der Waals surface area contributed by atoms with E-state index < -0.39 is 0 Å². The number of carbonyl (C=O) groups excluding carboxylic acids is 1. The van der Waals surface area contributed by atoms with E-state index in [0.717, 1.165) is 19.3 Å². The average Bonchev–Trinajstić information content (AvgIpc) is 3.53. The van der Waals surface area contributed by atoms with E-state index in [1.54, 1.807) is 24.3 Å². The zero-order valence-corrected chi connectivity index (χ0v) is 16.3. The Morgan fingerprint density at radius 2 is 1.96 bits per heavy atom. The SMILES string of the molecule is CCC(NC(=O)c1ccc(Cl)cc1)[C@H]1[C@@H]2C[C@@H](n3cc(C4CC4)nn3)C[C@@H]21. The van der Waals surface area contributed by atoms with E-state index in [0.29, 0.717) is 40.3 Å². The van der Waals surface area contributed by atoms with Crippen LogP contribution in [0.2, 0.25) is 5.02 Å². The summed E-state index contributed by atoms with van der Waals surface area (Å²) in [6, 6.07) is 7.85. The van der Waals surface area contributed by atoms with Gasteiger partial charge in [-0.05, 0) is 74.1 Å². The first-order valence-corrected chi connectivity index (χ1v) is 10.5. The first-order chi connectivity index (χ1) is 13.1. The van der Waals surface area contributed by atoms with Gasteiger partial charge in [0.05, 0.1) is 11.7 Å². The Hall–Kier alpha value is -1.88. The number of amides is 1. The molecule has 3 aliphatic rings. The molecule has 27 heavy (non-hydrogen) atoms. The van der Waals surface area contributed by atoms with E-state index in [4.69, 9.17) is 11.6 Å². The summed E-state index contributed by atoms with van der Waals surface area (Å²) in [7, 11) is 0. The molecule has 1 heterocycles. The van der Waals surface area contributed by atoms with Crippen molar-refractivity contribution in [3.05, 3.63) is 46.7 Å². The van der Waals surface area contributed by atoms with Crippen molar-refractivity contribution >= 4 is 17.5 Å². The van der Waals surface area contributed by atoms with Crippen LogP contribution in [0.5, 0.6) is 0 Å². The summed E-state index contributed by atoms with van der Waals surface area (Å²) in [6.45, 7) is 2.16. The molecule has 0 saturated heterocycles. The molecule has 3 fully saturated rings. The fourth-order valence-electron chi connectivity index (χ4n) is 5.03. The van der Waals surface area contributed by atoms with Crippen molar-refractivity contribution in [1.29, 1.82) is 0 Å². The molecule has 6 heteroatoms. The van der Waals surface area contributed by atoms with Crippen molar-refractivity contribution < 1.29 is 4.79 Å². The molecule has 5 atom stereocenters. The number of nitrogens with zero attached hydrogens (tertiary/aromatic N) is 3. The molecule has 142 valence electrons. The van der Waals surface area contributed by atoms with Gasteiger partial charge >= 0.3 is 0 Å². The summed E-state index contributed by atoms with van der Waals surface area (Å²) in [5, 5.41) is 12.7. The topological polar surface area (TPSA) is 59.8 Å². The van der Waals surface area contributed by atoms with E-state index in [2.05, 4.69) is 33.4 Å². The lowest BCUT2D eigenvalue weighted by Gasteiger charge is -2.21. The van der Waals surface area contributed by atoms with Crippen molar-refractivity contribution in [3.63, 3.8) is 0 Å². The maximum atomic E-state index is 12.6. The van der Waals surface area contributed by atoms with Gasteiger partial charge in [0.2, 0.25) is 0 Å². The zero-order chi connectivity index (χ0) is 18.5. The number of carbonyl (C=O) groups is 1. The number of hydrogen-bond acceptors (Lipinski definition) is 3. The van der Waals surface area contributed by atoms with Crippen LogP contribution < -0.4 is 5.32 Å². The number of halogens is 1. The maximum absolute atomic E-state index is 12.6. The summed E-state index contributed by atoms with van der Waals surface area (Å²) < 4.78 is 2.10. The van der Waals surface area contributed by atoms with Gasteiger partial charge in [0, 0.05) is 28.7 Å². The molecule has 0 radical (unpaired) electrons. The minimum absolute atomic E-state index is 0.00499. The van der Waals surface area contributed by atoms with E-state index in [1.165, 1.54) is 18.5 Å². The monoisotopic (exact) mass is 384 g/mol. The molecular formula is C21H25ClN4O. The highest BCUT2D eigenvalue weighted by Crippen LogP contribution is 2.62. The van der Waals surface area contributed by atoms with E-state index >= 15 is 0 Å². The molecular weight excluding hydrogens is 360 g/mol. The summed E-state index contributed by atoms with van der Waals surface area (Å²) in [5.41, 5.74) is 1.85. The molecule has 1 N–H and O–H groups in total. The third-order valence-electron chi connectivity index (χ3n) is 6.71. The quantitative estimate of drug-likeness (QED) is 0.811. The first-order valence-electron chi connectivity index (χ1n) is 10.1. The second kappa shape index (κ2) is 6.62. The molecule has 1 aromatic heterocycles. The summed E-state index contributed by atoms with van der Waals surface area (Å²) >= 11 is 5.92. The fraction of sp³-hybridized carbons (Fsp3) is 0.571. The number of nitrogens with one attached hydrogen (secondary N) is 1. The van der Waals surface area contributed by atoms with Gasteiger partial charge in [0.1, 0.15) is 0 Å². The van der Waals surface area contributed by atoms with Crippen molar-refractivity contribution in [2.24, 2.45) is 17.8 Å². The minimum atomic E-state index is 0.00499. The van der Waals surface area contributed by atoms with Gasteiger partial charge in [-0.1, -0.05) is 23.7 Å². The lowest BCUT2D eigenvalue weighted by molar-refractivity contribution is 0.0926. The van der Waals surface area contributed by atoms with Crippen LogP contribution in [0.15, 0.2) is 30.5 Å². The van der Waals surface area contributed by atoms with E-state index in [1.807, 2.05) is 0 Å². The first kappa shape index (κ1) is 17.2. The Balaban J connectivity index is 1.19. The Labute approximate surface area is 164 Å². The number of rotatable bonds is 6. The maximum Gasteiger partial charge on any atom is 0.251 e. The standard InChI is InChI=1S/C21H25ClN4O/c1-2-18(23-21(27)13-5-7-14(22)8-6-13)20-16-9-15(10-17(16)20)26-11-19(24-25-26)12-3-4-12/h5-8,11-12,15-18,20H,2-4,9-10H2,1H3,(H,23,27)/t15-,16-,17+,18?,20+. The molecule has 5 rings (SSSR count). The predicted octanol–water partition coefficient (Wildman–Crippen LogP) is 4.21. The highest BCUT2D eigenvalue weighted by atomic mass is 35.5. The molecule has 5 nitrogen and oxygen atoms in total. The predicted molar refractivity (Wildman–Crippen MR) is 104 cm³/mol. The Morgan fingerprint density at radius 3 is 2.59 bits per heavy atom. The third-order valence-corrected chi connectivity index (χ3v) is 6.96. The Morgan fingerprint density at radius 1 is 1.26 bits per heavy atom. The Bertz CT molecular complexity index is 832. The molecule has 2 aromatic rings. The minimum Gasteiger partial charge on any atom is -0.349 e. The summed E-state index contributed by atoms with van der Waals surface area (Å²) in [6.07, 6.45) is 8.00. The van der Waals surface area contributed by atoms with Gasteiger partial charge in [0.25, 0.3) is 5.91 Å². The van der Waals surface area contributed by atoms with Crippen molar-refractivity contribution in [3.8, 4) is 0 Å². The molecule has 1 unspecified atom stereocenters. The highest BCUT2D eigenvalue weighted by molar-refractivity contribution is 6.30. The van der Waals surface area contributed by atoms with Crippen LogP contribution in [0.4, 0.5) is 0 Å². The molecule has 3 aliphatic carbocycles. The molecule has 0 bridgehead atoms. The number of hydrogen-bond donors (Lipinski definition) is 1. The van der Waals surface area contributed by atoms with Crippen LogP contribution >= 0.6 is 11.6 Å². The van der Waals surface area contributed by atoms with Gasteiger partial charge in [0.15, 0.2) is 0 Å². The Kier molecular flexibility index (Phi) is 4.23. The lowest BCUT2D eigenvalue weighted by atomic mass is 9.99. The smallest absolute Gasteiger partial charge is 0.251 e. The highest BCUT2D eigenvalue weighted by Gasteiger charge is 2.59. The zero-order valence-electron chi connectivity index (χ0n) is 15.5. The number of aromatic nitrogens is 3.